The van der Waals surface area contributed by atoms with Gasteiger partial charge in [0.1, 0.15) is 0 Å². The van der Waals surface area contributed by atoms with E-state index < -0.39 is 0 Å². The van der Waals surface area contributed by atoms with E-state index >= 15 is 0 Å². The van der Waals surface area contributed by atoms with Crippen LogP contribution in [0.5, 0.6) is 0 Å². The number of hydrogen-bond acceptors (Lipinski definition) is 2. The van der Waals surface area contributed by atoms with Crippen LogP contribution in [0.2, 0.25) is 0 Å². The molecular weight excluding hydrogens is 320 g/mol. The third kappa shape index (κ3) is 3.62. The first kappa shape index (κ1) is 18.5. The summed E-state index contributed by atoms with van der Waals surface area (Å²) in [7, 11) is 0. The van der Waals surface area contributed by atoms with Crippen molar-refractivity contribution in [2.45, 2.75) is 65.5 Å². The standard InChI is InChI=1S/C23H30N2O/c1-5-6-14-22(26)25-18(4)15-21(19-12-9-11-17(3)23(19)25)24-20-13-8-7-10-16(20)2/h7-13,18,21,24H,5-6,14-15H2,1-4H3/t18-,21+/m1/s1. The first-order valence-corrected chi connectivity index (χ1v) is 9.76. The second kappa shape index (κ2) is 7.94. The molecule has 0 fully saturated rings. The zero-order valence-electron chi connectivity index (χ0n) is 16.4. The second-order valence-corrected chi connectivity index (χ2v) is 7.48. The topological polar surface area (TPSA) is 32.3 Å². The number of carbonyl (C=O) groups excluding carboxylic acids is 1. The van der Waals surface area contributed by atoms with Gasteiger partial charge in [-0.1, -0.05) is 49.7 Å². The van der Waals surface area contributed by atoms with Gasteiger partial charge in [0.15, 0.2) is 0 Å². The summed E-state index contributed by atoms with van der Waals surface area (Å²) in [4.78, 5) is 15.0. The number of nitrogens with zero attached hydrogens (tertiary/aromatic N) is 1. The zero-order chi connectivity index (χ0) is 18.7. The number of para-hydroxylation sites is 2. The van der Waals surface area contributed by atoms with Crippen molar-refractivity contribution in [2.24, 2.45) is 0 Å². The highest BCUT2D eigenvalue weighted by molar-refractivity contribution is 5.96. The average molecular weight is 351 g/mol. The van der Waals surface area contributed by atoms with Crippen molar-refractivity contribution in [3.8, 4) is 0 Å². The Labute approximate surface area is 157 Å². The third-order valence-electron chi connectivity index (χ3n) is 5.39. The van der Waals surface area contributed by atoms with Gasteiger partial charge in [-0.15, -0.1) is 0 Å². The lowest BCUT2D eigenvalue weighted by molar-refractivity contribution is -0.119. The molecule has 2 aromatic carbocycles. The SMILES string of the molecule is CCCCC(=O)N1c2c(C)cccc2[C@@H](Nc2ccccc2C)C[C@H]1C. The van der Waals surface area contributed by atoms with E-state index in [1.165, 1.54) is 22.4 Å². The van der Waals surface area contributed by atoms with Crippen LogP contribution in [0, 0.1) is 13.8 Å². The Bertz CT molecular complexity index is 784. The predicted molar refractivity (Wildman–Crippen MR) is 110 cm³/mol. The van der Waals surface area contributed by atoms with Crippen LogP contribution in [-0.4, -0.2) is 11.9 Å². The fourth-order valence-electron chi connectivity index (χ4n) is 3.96. The van der Waals surface area contributed by atoms with E-state index in [1.807, 2.05) is 0 Å². The summed E-state index contributed by atoms with van der Waals surface area (Å²) in [5.41, 5.74) is 5.93. The maximum absolute atomic E-state index is 12.9. The van der Waals surface area contributed by atoms with Crippen molar-refractivity contribution in [1.82, 2.24) is 0 Å². The van der Waals surface area contributed by atoms with Crippen LogP contribution < -0.4 is 10.2 Å². The molecule has 0 bridgehead atoms. The molecule has 0 saturated carbocycles. The summed E-state index contributed by atoms with van der Waals surface area (Å²) in [5, 5.41) is 3.73. The van der Waals surface area contributed by atoms with Gasteiger partial charge >= 0.3 is 0 Å². The first-order chi connectivity index (χ1) is 12.5. The van der Waals surface area contributed by atoms with Gasteiger partial charge in [0.25, 0.3) is 0 Å². The minimum absolute atomic E-state index is 0.189. The van der Waals surface area contributed by atoms with Gasteiger partial charge in [0.05, 0.1) is 11.7 Å². The van der Waals surface area contributed by atoms with Crippen molar-refractivity contribution in [3.63, 3.8) is 0 Å². The summed E-state index contributed by atoms with van der Waals surface area (Å²) in [6, 6.07) is 15.2. The molecule has 0 saturated heterocycles. The molecule has 3 nitrogen and oxygen atoms in total. The number of unbranched alkanes of at least 4 members (excludes halogenated alkanes) is 1. The fraction of sp³-hybridized carbons (Fsp3) is 0.435. The maximum Gasteiger partial charge on any atom is 0.227 e. The number of anilines is 2. The van der Waals surface area contributed by atoms with Gasteiger partial charge < -0.3 is 10.2 Å². The number of benzene rings is 2. The summed E-state index contributed by atoms with van der Waals surface area (Å²) in [6.45, 7) is 8.55. The summed E-state index contributed by atoms with van der Waals surface area (Å²) in [5.74, 6) is 0.254. The van der Waals surface area contributed by atoms with Crippen LogP contribution in [-0.2, 0) is 4.79 Å². The van der Waals surface area contributed by atoms with E-state index in [-0.39, 0.29) is 18.0 Å². The Balaban J connectivity index is 1.97. The van der Waals surface area contributed by atoms with Crippen LogP contribution in [0.25, 0.3) is 0 Å². The lowest BCUT2D eigenvalue weighted by atomic mass is 9.89. The van der Waals surface area contributed by atoms with E-state index in [4.69, 9.17) is 0 Å². The number of nitrogens with one attached hydrogen (secondary N) is 1. The molecule has 138 valence electrons. The molecule has 0 radical (unpaired) electrons. The molecule has 3 rings (SSSR count). The Morgan fingerprint density at radius 2 is 1.85 bits per heavy atom. The average Bonchev–Trinajstić information content (AvgIpc) is 2.62. The van der Waals surface area contributed by atoms with E-state index in [1.54, 1.807) is 0 Å². The van der Waals surface area contributed by atoms with Gasteiger partial charge in [0.2, 0.25) is 5.91 Å². The Morgan fingerprint density at radius 1 is 1.12 bits per heavy atom. The van der Waals surface area contributed by atoms with Gasteiger partial charge in [-0.25, -0.2) is 0 Å². The largest absolute Gasteiger partial charge is 0.378 e. The lowest BCUT2D eigenvalue weighted by Gasteiger charge is -2.41. The normalized spacial score (nSPS) is 19.2. The molecule has 1 heterocycles. The van der Waals surface area contributed by atoms with Crippen LogP contribution in [0.15, 0.2) is 42.5 Å². The molecule has 26 heavy (non-hydrogen) atoms. The van der Waals surface area contributed by atoms with Crippen molar-refractivity contribution in [3.05, 3.63) is 59.2 Å². The number of aryl methyl sites for hydroxylation is 2. The molecule has 1 aliphatic heterocycles. The molecule has 2 atom stereocenters. The highest BCUT2D eigenvalue weighted by Crippen LogP contribution is 2.41. The molecule has 0 aromatic heterocycles. The third-order valence-corrected chi connectivity index (χ3v) is 5.39. The Hall–Kier alpha value is -2.29. The monoisotopic (exact) mass is 350 g/mol. The number of hydrogen-bond donors (Lipinski definition) is 1. The molecular formula is C23H30N2O. The van der Waals surface area contributed by atoms with Gasteiger partial charge in [-0.3, -0.25) is 4.79 Å². The number of rotatable bonds is 5. The molecule has 0 unspecified atom stereocenters. The fourth-order valence-corrected chi connectivity index (χ4v) is 3.96. The smallest absolute Gasteiger partial charge is 0.227 e. The van der Waals surface area contributed by atoms with Crippen molar-refractivity contribution in [2.75, 3.05) is 10.2 Å². The molecule has 0 aliphatic carbocycles. The first-order valence-electron chi connectivity index (χ1n) is 9.76. The van der Waals surface area contributed by atoms with Crippen LogP contribution >= 0.6 is 0 Å². The minimum Gasteiger partial charge on any atom is -0.378 e. The van der Waals surface area contributed by atoms with E-state index in [9.17, 15) is 4.79 Å². The van der Waals surface area contributed by atoms with Gasteiger partial charge in [-0.05, 0) is 56.4 Å². The zero-order valence-corrected chi connectivity index (χ0v) is 16.4. The highest BCUT2D eigenvalue weighted by Gasteiger charge is 2.34. The molecule has 1 amide bonds. The van der Waals surface area contributed by atoms with Gasteiger partial charge in [-0.2, -0.15) is 0 Å². The highest BCUT2D eigenvalue weighted by atomic mass is 16.2. The lowest BCUT2D eigenvalue weighted by Crippen LogP contribution is -2.44. The van der Waals surface area contributed by atoms with E-state index in [0.717, 1.165) is 24.9 Å². The number of fused-ring (bicyclic) bond motifs is 1. The number of amides is 1. The summed E-state index contributed by atoms with van der Waals surface area (Å²) < 4.78 is 0. The quantitative estimate of drug-likeness (QED) is 0.742. The molecule has 1 aliphatic rings. The summed E-state index contributed by atoms with van der Waals surface area (Å²) in [6.07, 6.45) is 3.55. The van der Waals surface area contributed by atoms with E-state index in [2.05, 4.69) is 80.4 Å². The summed E-state index contributed by atoms with van der Waals surface area (Å²) >= 11 is 0. The predicted octanol–water partition coefficient (Wildman–Crippen LogP) is 5.77. The molecule has 1 N–H and O–H groups in total. The second-order valence-electron chi connectivity index (χ2n) is 7.48. The van der Waals surface area contributed by atoms with Gasteiger partial charge in [0, 0.05) is 18.2 Å². The van der Waals surface area contributed by atoms with E-state index in [0.29, 0.717) is 6.42 Å². The minimum atomic E-state index is 0.189. The maximum atomic E-state index is 12.9. The Kier molecular flexibility index (Phi) is 5.65. The van der Waals surface area contributed by atoms with Crippen molar-refractivity contribution >= 4 is 17.3 Å². The Morgan fingerprint density at radius 3 is 2.58 bits per heavy atom. The van der Waals surface area contributed by atoms with Crippen molar-refractivity contribution in [1.29, 1.82) is 0 Å². The van der Waals surface area contributed by atoms with Crippen LogP contribution in [0.1, 0.15) is 62.3 Å². The molecule has 2 aromatic rings. The molecule has 3 heteroatoms. The molecule has 0 spiro atoms. The van der Waals surface area contributed by atoms with Crippen molar-refractivity contribution < 1.29 is 4.79 Å². The number of carbonyl (C=O) groups is 1. The van der Waals surface area contributed by atoms with Crippen LogP contribution in [0.3, 0.4) is 0 Å². The van der Waals surface area contributed by atoms with Crippen LogP contribution in [0.4, 0.5) is 11.4 Å².